The van der Waals surface area contributed by atoms with Crippen LogP contribution in [-0.4, -0.2) is 56.6 Å². The van der Waals surface area contributed by atoms with Crippen LogP contribution in [0.2, 0.25) is 0 Å². The van der Waals surface area contributed by atoms with Crippen molar-refractivity contribution in [3.63, 3.8) is 0 Å². The molecule has 2 aromatic heterocycles. The molecule has 0 atom stereocenters. The molecule has 1 amide bonds. The number of anilines is 1. The van der Waals surface area contributed by atoms with Gasteiger partial charge in [-0.05, 0) is 43.7 Å². The van der Waals surface area contributed by atoms with E-state index in [9.17, 15) is 18.0 Å². The van der Waals surface area contributed by atoms with E-state index in [1.165, 1.54) is 12.1 Å². The zero-order valence-corrected chi connectivity index (χ0v) is 21.2. The quantitative estimate of drug-likeness (QED) is 0.303. The first-order valence-electron chi connectivity index (χ1n) is 12.7. The van der Waals surface area contributed by atoms with Gasteiger partial charge in [0.25, 0.3) is 5.91 Å². The maximum atomic E-state index is 13.2. The summed E-state index contributed by atoms with van der Waals surface area (Å²) in [7, 11) is 0. The molecule has 0 saturated carbocycles. The summed E-state index contributed by atoms with van der Waals surface area (Å²) in [6.07, 6.45) is -3.88. The average Bonchev–Trinajstić information content (AvgIpc) is 3.24. The zero-order chi connectivity index (χ0) is 27.1. The lowest BCUT2D eigenvalue weighted by molar-refractivity contribution is -0.137. The summed E-state index contributed by atoms with van der Waals surface area (Å²) in [6.45, 7) is 3.85. The van der Waals surface area contributed by atoms with E-state index >= 15 is 0 Å². The maximum absolute atomic E-state index is 13.2. The number of nitrogens with zero attached hydrogens (tertiary/aromatic N) is 6. The van der Waals surface area contributed by atoms with Gasteiger partial charge in [-0.15, -0.1) is 10.2 Å². The van der Waals surface area contributed by atoms with Crippen LogP contribution in [0.1, 0.15) is 27.9 Å². The molecular formula is C29H25F3N6O. The van der Waals surface area contributed by atoms with Crippen LogP contribution in [0.5, 0.6) is 0 Å². The number of carbonyl (C=O) groups is 1. The summed E-state index contributed by atoms with van der Waals surface area (Å²) in [5, 5.41) is 9.93. The van der Waals surface area contributed by atoms with Gasteiger partial charge in [0.15, 0.2) is 11.5 Å². The van der Waals surface area contributed by atoms with Gasteiger partial charge < -0.3 is 9.80 Å². The van der Waals surface area contributed by atoms with Crippen molar-refractivity contribution in [2.75, 3.05) is 31.1 Å². The summed E-state index contributed by atoms with van der Waals surface area (Å²) in [5.74, 6) is 0.918. The topological polar surface area (TPSA) is 66.6 Å². The van der Waals surface area contributed by atoms with Crippen LogP contribution < -0.4 is 4.90 Å². The van der Waals surface area contributed by atoms with Crippen molar-refractivity contribution in [3.8, 4) is 11.4 Å². The van der Waals surface area contributed by atoms with Crippen molar-refractivity contribution in [1.82, 2.24) is 24.5 Å². The second kappa shape index (κ2) is 9.68. The third-order valence-electron chi connectivity index (χ3n) is 7.04. The fourth-order valence-corrected chi connectivity index (χ4v) is 5.00. The molecule has 198 valence electrons. The third kappa shape index (κ3) is 4.67. The number of benzene rings is 3. The van der Waals surface area contributed by atoms with E-state index in [2.05, 4.69) is 15.1 Å². The molecule has 39 heavy (non-hydrogen) atoms. The van der Waals surface area contributed by atoms with Gasteiger partial charge in [0.1, 0.15) is 0 Å². The number of halogens is 3. The molecule has 1 saturated heterocycles. The van der Waals surface area contributed by atoms with Crippen molar-refractivity contribution in [2.45, 2.75) is 19.5 Å². The number of aryl methyl sites for hydroxylation is 1. The molecule has 3 heterocycles. The molecule has 7 nitrogen and oxygen atoms in total. The first-order valence-corrected chi connectivity index (χ1v) is 12.7. The minimum Gasteiger partial charge on any atom is -0.340 e. The lowest BCUT2D eigenvalue weighted by Gasteiger charge is -2.24. The number of hydrogen-bond donors (Lipinski definition) is 0. The fraction of sp³-hybridized carbons (Fsp3) is 0.241. The van der Waals surface area contributed by atoms with E-state index in [0.717, 1.165) is 34.2 Å². The van der Waals surface area contributed by atoms with Gasteiger partial charge in [-0.25, -0.2) is 9.38 Å². The van der Waals surface area contributed by atoms with Gasteiger partial charge in [0.2, 0.25) is 5.95 Å². The van der Waals surface area contributed by atoms with Crippen LogP contribution in [0.15, 0.2) is 72.8 Å². The van der Waals surface area contributed by atoms with E-state index in [4.69, 9.17) is 4.98 Å². The maximum Gasteiger partial charge on any atom is 0.416 e. The monoisotopic (exact) mass is 530 g/mol. The van der Waals surface area contributed by atoms with Gasteiger partial charge in [-0.3, -0.25) is 4.79 Å². The highest BCUT2D eigenvalue weighted by Crippen LogP contribution is 2.31. The average molecular weight is 531 g/mol. The van der Waals surface area contributed by atoms with Crippen LogP contribution >= 0.6 is 0 Å². The molecule has 6 rings (SSSR count). The van der Waals surface area contributed by atoms with Crippen LogP contribution in [-0.2, 0) is 6.18 Å². The van der Waals surface area contributed by atoms with Gasteiger partial charge in [-0.2, -0.15) is 13.2 Å². The molecule has 0 aliphatic carbocycles. The Kier molecular flexibility index (Phi) is 6.17. The van der Waals surface area contributed by atoms with E-state index in [0.29, 0.717) is 50.0 Å². The number of para-hydroxylation sites is 1. The Labute approximate surface area is 222 Å². The summed E-state index contributed by atoms with van der Waals surface area (Å²) in [4.78, 5) is 21.9. The smallest absolute Gasteiger partial charge is 0.340 e. The highest BCUT2D eigenvalue weighted by Gasteiger charge is 2.32. The molecule has 3 aromatic carbocycles. The van der Waals surface area contributed by atoms with E-state index in [1.807, 2.05) is 59.9 Å². The molecule has 1 fully saturated rings. The highest BCUT2D eigenvalue weighted by molar-refractivity contribution is 5.95. The molecular weight excluding hydrogens is 505 g/mol. The van der Waals surface area contributed by atoms with Gasteiger partial charge in [0.05, 0.1) is 11.1 Å². The lowest BCUT2D eigenvalue weighted by atomic mass is 10.1. The zero-order valence-electron chi connectivity index (χ0n) is 21.2. The predicted octanol–water partition coefficient (Wildman–Crippen LogP) is 5.62. The summed E-state index contributed by atoms with van der Waals surface area (Å²) < 4.78 is 41.6. The Balaban J connectivity index is 1.36. The first kappa shape index (κ1) is 24.8. The molecule has 1 aliphatic rings. The first-order chi connectivity index (χ1) is 18.8. The largest absolute Gasteiger partial charge is 0.416 e. The van der Waals surface area contributed by atoms with Gasteiger partial charge in [0, 0.05) is 42.7 Å². The van der Waals surface area contributed by atoms with Crippen molar-refractivity contribution < 1.29 is 18.0 Å². The van der Waals surface area contributed by atoms with Crippen molar-refractivity contribution in [2.24, 2.45) is 0 Å². The lowest BCUT2D eigenvalue weighted by Crippen LogP contribution is -2.36. The number of alkyl halides is 3. The molecule has 0 N–H and O–H groups in total. The second-order valence-electron chi connectivity index (χ2n) is 9.69. The third-order valence-corrected chi connectivity index (χ3v) is 7.04. The molecule has 1 aliphatic heterocycles. The Bertz CT molecular complexity index is 1680. The molecule has 5 aromatic rings. The molecule has 0 spiro atoms. The minimum absolute atomic E-state index is 0.0324. The number of hydrogen-bond acceptors (Lipinski definition) is 5. The Morgan fingerprint density at radius 2 is 1.67 bits per heavy atom. The summed E-state index contributed by atoms with van der Waals surface area (Å²) in [5.41, 5.74) is 2.71. The van der Waals surface area contributed by atoms with Crippen LogP contribution in [0.4, 0.5) is 19.1 Å². The molecule has 10 heteroatoms. The molecule has 0 radical (unpaired) electrons. The number of amides is 1. The number of carbonyl (C=O) groups excluding carboxylic acids is 1. The Morgan fingerprint density at radius 1 is 0.872 bits per heavy atom. The second-order valence-corrected chi connectivity index (χ2v) is 9.69. The Hall–Kier alpha value is -4.47. The van der Waals surface area contributed by atoms with Crippen LogP contribution in [0.25, 0.3) is 27.9 Å². The number of rotatable bonds is 3. The van der Waals surface area contributed by atoms with Gasteiger partial charge in [-0.1, -0.05) is 48.0 Å². The number of aromatic nitrogens is 4. The van der Waals surface area contributed by atoms with Crippen molar-refractivity contribution in [3.05, 3.63) is 89.5 Å². The van der Waals surface area contributed by atoms with Crippen molar-refractivity contribution in [1.29, 1.82) is 0 Å². The summed E-state index contributed by atoms with van der Waals surface area (Å²) in [6, 6.07) is 20.4. The predicted molar refractivity (Wildman–Crippen MR) is 143 cm³/mol. The van der Waals surface area contributed by atoms with E-state index in [1.54, 1.807) is 4.90 Å². The van der Waals surface area contributed by atoms with E-state index < -0.39 is 17.6 Å². The SMILES string of the molecule is Cc1ccc(-c2nnc3c4ccccc4nc(N4CCCN(C(=O)c5cccc(C(F)(F)F)c5)CC4)n23)cc1. The number of fused-ring (bicyclic) bond motifs is 3. The molecule has 0 bridgehead atoms. The van der Waals surface area contributed by atoms with Crippen molar-refractivity contribution >= 4 is 28.4 Å². The minimum atomic E-state index is -4.51. The van der Waals surface area contributed by atoms with Crippen LogP contribution in [0, 0.1) is 6.92 Å². The fourth-order valence-electron chi connectivity index (χ4n) is 5.00. The van der Waals surface area contributed by atoms with Crippen LogP contribution in [0.3, 0.4) is 0 Å². The normalized spacial score (nSPS) is 14.7. The highest BCUT2D eigenvalue weighted by atomic mass is 19.4. The Morgan fingerprint density at radius 3 is 2.46 bits per heavy atom. The van der Waals surface area contributed by atoms with Gasteiger partial charge >= 0.3 is 6.18 Å². The standard InChI is InChI=1S/C29H25F3N6O/c1-19-10-12-20(13-11-19)25-34-35-26-23-8-2-3-9-24(23)33-28(38(25)26)37-15-5-14-36(16-17-37)27(39)21-6-4-7-22(18-21)29(30,31)32/h2-4,6-13,18H,5,14-17H2,1H3. The van der Waals surface area contributed by atoms with E-state index in [-0.39, 0.29) is 5.56 Å². The summed E-state index contributed by atoms with van der Waals surface area (Å²) >= 11 is 0. The molecule has 0 unspecified atom stereocenters.